The summed E-state index contributed by atoms with van der Waals surface area (Å²) in [5.74, 6) is -1.44. The first kappa shape index (κ1) is 13.4. The molecule has 0 radical (unpaired) electrons. The van der Waals surface area contributed by atoms with Crippen molar-refractivity contribution in [3.8, 4) is 0 Å². The van der Waals surface area contributed by atoms with Gasteiger partial charge in [0.15, 0.2) is 11.8 Å². The monoisotopic (exact) mass is 217 g/mol. The Morgan fingerprint density at radius 3 is 2.00 bits per heavy atom. The van der Waals surface area contributed by atoms with Crippen LogP contribution in [0.25, 0.3) is 0 Å². The van der Waals surface area contributed by atoms with Crippen molar-refractivity contribution >= 4 is 18.3 Å². The predicted molar refractivity (Wildman–Crippen MR) is 51.5 cm³/mol. The highest BCUT2D eigenvalue weighted by Gasteiger charge is 2.36. The molecule has 1 amide bonds. The van der Waals surface area contributed by atoms with Crippen LogP contribution in [0.4, 0.5) is 4.79 Å². The minimum atomic E-state index is -1.96. The fourth-order valence-corrected chi connectivity index (χ4v) is 0.649. The molecule has 0 fully saturated rings. The van der Waals surface area contributed by atoms with Gasteiger partial charge in [-0.3, -0.25) is 5.32 Å². The maximum absolute atomic E-state index is 11.2. The third-order valence-electron chi connectivity index (χ3n) is 1.44. The molecule has 0 rings (SSSR count). The summed E-state index contributed by atoms with van der Waals surface area (Å²) in [7, 11) is 0. The highest BCUT2D eigenvalue weighted by Crippen LogP contribution is 2.08. The average Bonchev–Trinajstić information content (AvgIpc) is 1.99. The molecular weight excluding hydrogens is 202 g/mol. The summed E-state index contributed by atoms with van der Waals surface area (Å²) in [6.07, 6.45) is -0.807. The normalized spacial score (nSPS) is 14.9. The second-order valence-corrected chi connectivity index (χ2v) is 4.25. The van der Waals surface area contributed by atoms with Crippen molar-refractivity contribution in [3.05, 3.63) is 0 Å². The van der Waals surface area contributed by atoms with Crippen molar-refractivity contribution in [2.45, 2.75) is 38.8 Å². The molecule has 0 heterocycles. The maximum Gasteiger partial charge on any atom is 0.408 e. The Morgan fingerprint density at radius 1 is 1.27 bits per heavy atom. The van der Waals surface area contributed by atoms with Crippen LogP contribution < -0.4 is 5.32 Å². The third-order valence-corrected chi connectivity index (χ3v) is 1.44. The van der Waals surface area contributed by atoms with Gasteiger partial charge in [-0.05, 0) is 27.7 Å². The van der Waals surface area contributed by atoms with Crippen LogP contribution in [-0.2, 0) is 14.3 Å². The Balaban J connectivity index is 4.52. The summed E-state index contributed by atoms with van der Waals surface area (Å²) in [6.45, 7) is 5.97. The van der Waals surface area contributed by atoms with E-state index in [4.69, 9.17) is 9.84 Å². The summed E-state index contributed by atoms with van der Waals surface area (Å²) in [6, 6.07) is 0. The summed E-state index contributed by atoms with van der Waals surface area (Å²) < 4.78 is 4.81. The van der Waals surface area contributed by atoms with Crippen LogP contribution in [-0.4, -0.2) is 34.6 Å². The SMILES string of the molecule is CC(C)(C)OC(=O)N[C@](C)(C=O)C(=O)O. The van der Waals surface area contributed by atoms with Gasteiger partial charge in [-0.1, -0.05) is 0 Å². The fourth-order valence-electron chi connectivity index (χ4n) is 0.649. The van der Waals surface area contributed by atoms with Crippen LogP contribution in [0.5, 0.6) is 0 Å². The highest BCUT2D eigenvalue weighted by atomic mass is 16.6. The lowest BCUT2D eigenvalue weighted by atomic mass is 10.1. The van der Waals surface area contributed by atoms with Crippen molar-refractivity contribution in [2.24, 2.45) is 0 Å². The Kier molecular flexibility index (Phi) is 3.83. The van der Waals surface area contributed by atoms with Crippen LogP contribution in [0.3, 0.4) is 0 Å². The van der Waals surface area contributed by atoms with Crippen LogP contribution >= 0.6 is 0 Å². The molecule has 0 aromatic rings. The quantitative estimate of drug-likeness (QED) is 0.532. The minimum absolute atomic E-state index is 0.138. The van der Waals surface area contributed by atoms with Gasteiger partial charge in [-0.2, -0.15) is 0 Å². The third kappa shape index (κ3) is 4.44. The zero-order valence-electron chi connectivity index (χ0n) is 9.16. The van der Waals surface area contributed by atoms with E-state index in [1.54, 1.807) is 20.8 Å². The van der Waals surface area contributed by atoms with Crippen LogP contribution in [0, 0.1) is 0 Å². The van der Waals surface area contributed by atoms with Gasteiger partial charge >= 0.3 is 12.1 Å². The Labute approximate surface area is 87.6 Å². The summed E-state index contributed by atoms with van der Waals surface area (Å²) in [4.78, 5) is 32.4. The van der Waals surface area contributed by atoms with E-state index in [-0.39, 0.29) is 6.29 Å². The van der Waals surface area contributed by atoms with E-state index in [0.29, 0.717) is 0 Å². The number of ether oxygens (including phenoxy) is 1. The van der Waals surface area contributed by atoms with E-state index in [9.17, 15) is 14.4 Å². The topological polar surface area (TPSA) is 92.7 Å². The highest BCUT2D eigenvalue weighted by molar-refractivity contribution is 5.99. The summed E-state index contributed by atoms with van der Waals surface area (Å²) in [5.41, 5.74) is -2.70. The molecule has 0 spiro atoms. The number of hydrogen-bond acceptors (Lipinski definition) is 4. The van der Waals surface area contributed by atoms with Gasteiger partial charge in [0.1, 0.15) is 5.60 Å². The molecule has 0 bridgehead atoms. The molecule has 2 N–H and O–H groups in total. The molecule has 0 aliphatic heterocycles. The molecule has 0 saturated heterocycles. The zero-order chi connectivity index (χ0) is 12.3. The minimum Gasteiger partial charge on any atom is -0.479 e. The van der Waals surface area contributed by atoms with E-state index in [1.807, 2.05) is 5.32 Å². The van der Waals surface area contributed by atoms with Crippen LogP contribution in [0.2, 0.25) is 0 Å². The largest absolute Gasteiger partial charge is 0.479 e. The van der Waals surface area contributed by atoms with Crippen molar-refractivity contribution in [1.29, 1.82) is 0 Å². The Bertz CT molecular complexity index is 281. The van der Waals surface area contributed by atoms with Gasteiger partial charge in [0.2, 0.25) is 0 Å². The van der Waals surface area contributed by atoms with Gasteiger partial charge in [-0.15, -0.1) is 0 Å². The van der Waals surface area contributed by atoms with Crippen molar-refractivity contribution < 1.29 is 24.2 Å². The van der Waals surface area contributed by atoms with Gasteiger partial charge in [-0.25, -0.2) is 9.59 Å². The number of aldehydes is 1. The van der Waals surface area contributed by atoms with Crippen LogP contribution in [0.15, 0.2) is 0 Å². The second kappa shape index (κ2) is 4.29. The van der Waals surface area contributed by atoms with Crippen molar-refractivity contribution in [3.63, 3.8) is 0 Å². The number of carbonyl (C=O) groups is 3. The van der Waals surface area contributed by atoms with E-state index >= 15 is 0 Å². The molecule has 15 heavy (non-hydrogen) atoms. The number of aliphatic carboxylic acids is 1. The number of amides is 1. The number of nitrogens with one attached hydrogen (secondary N) is 1. The number of carboxylic acids is 1. The second-order valence-electron chi connectivity index (χ2n) is 4.25. The number of alkyl carbamates (subject to hydrolysis) is 1. The van der Waals surface area contributed by atoms with E-state index in [1.165, 1.54) is 0 Å². The number of carboxylic acid groups (broad SMARTS) is 1. The first-order chi connectivity index (χ1) is 6.60. The Morgan fingerprint density at radius 2 is 1.73 bits per heavy atom. The molecule has 6 heteroatoms. The molecule has 0 unspecified atom stereocenters. The lowest BCUT2D eigenvalue weighted by molar-refractivity contribution is -0.146. The van der Waals surface area contributed by atoms with Gasteiger partial charge in [0.05, 0.1) is 0 Å². The van der Waals surface area contributed by atoms with E-state index < -0.39 is 23.2 Å². The van der Waals surface area contributed by atoms with Crippen LogP contribution in [0.1, 0.15) is 27.7 Å². The molecule has 0 aliphatic carbocycles. The molecule has 0 saturated carbocycles. The number of hydrogen-bond donors (Lipinski definition) is 2. The van der Waals surface area contributed by atoms with Crippen molar-refractivity contribution in [1.82, 2.24) is 5.32 Å². The fraction of sp³-hybridized carbons (Fsp3) is 0.667. The first-order valence-electron chi connectivity index (χ1n) is 4.31. The standard InChI is InChI=1S/C9H15NO5/c1-8(2,3)15-7(14)10-9(4,5-11)6(12)13/h5H,1-4H3,(H,10,14)(H,12,13)/t9-/m1/s1. The number of rotatable bonds is 3. The first-order valence-corrected chi connectivity index (χ1v) is 4.31. The average molecular weight is 217 g/mol. The Hall–Kier alpha value is -1.59. The van der Waals surface area contributed by atoms with Gasteiger partial charge in [0, 0.05) is 0 Å². The summed E-state index contributed by atoms with van der Waals surface area (Å²) >= 11 is 0. The maximum atomic E-state index is 11.2. The number of carbonyl (C=O) groups excluding carboxylic acids is 2. The molecular formula is C9H15NO5. The molecule has 86 valence electrons. The van der Waals surface area contributed by atoms with E-state index in [2.05, 4.69) is 0 Å². The van der Waals surface area contributed by atoms with Gasteiger partial charge < -0.3 is 14.6 Å². The molecule has 6 nitrogen and oxygen atoms in total. The predicted octanol–water partition coefficient (Wildman–Crippen LogP) is 0.553. The lowest BCUT2D eigenvalue weighted by Gasteiger charge is -2.24. The smallest absolute Gasteiger partial charge is 0.408 e. The van der Waals surface area contributed by atoms with Gasteiger partial charge in [0.25, 0.3) is 0 Å². The molecule has 0 aromatic heterocycles. The molecule has 1 atom stereocenters. The molecule has 0 aliphatic rings. The van der Waals surface area contributed by atoms with E-state index in [0.717, 1.165) is 6.92 Å². The zero-order valence-corrected chi connectivity index (χ0v) is 9.16. The summed E-state index contributed by atoms with van der Waals surface area (Å²) in [5, 5.41) is 10.6. The molecule has 0 aromatic carbocycles. The lowest BCUT2D eigenvalue weighted by Crippen LogP contribution is -2.54. The van der Waals surface area contributed by atoms with Crippen molar-refractivity contribution in [2.75, 3.05) is 0 Å².